The number of piperidine rings is 1. The Morgan fingerprint density at radius 2 is 2.08 bits per heavy atom. The number of ether oxygens (including phenoxy) is 1. The van der Waals surface area contributed by atoms with E-state index in [0.29, 0.717) is 18.8 Å². The zero-order valence-corrected chi connectivity index (χ0v) is 14.3. The normalized spacial score (nSPS) is 16.7. The van der Waals surface area contributed by atoms with Gasteiger partial charge in [-0.2, -0.15) is 0 Å². The molecule has 0 radical (unpaired) electrons. The summed E-state index contributed by atoms with van der Waals surface area (Å²) >= 11 is 1.53. The van der Waals surface area contributed by atoms with Crippen LogP contribution in [0.15, 0.2) is 35.8 Å². The number of halogens is 1. The highest BCUT2D eigenvalue weighted by Gasteiger charge is 2.25. The van der Waals surface area contributed by atoms with Gasteiger partial charge in [0.1, 0.15) is 22.7 Å². The third-order valence-electron chi connectivity index (χ3n) is 4.01. The maximum atomic E-state index is 12.9. The molecule has 1 N–H and O–H groups in total. The first-order chi connectivity index (χ1) is 11.6. The maximum Gasteiger partial charge on any atom is 0.317 e. The second kappa shape index (κ2) is 7.61. The van der Waals surface area contributed by atoms with E-state index in [2.05, 4.69) is 10.3 Å². The molecule has 1 atom stereocenters. The molecule has 1 aromatic heterocycles. The van der Waals surface area contributed by atoms with Crippen molar-refractivity contribution in [2.45, 2.75) is 31.9 Å². The lowest BCUT2D eigenvalue weighted by molar-refractivity contribution is 0.110. The monoisotopic (exact) mass is 349 g/mol. The number of benzene rings is 1. The molecule has 2 aromatic rings. The van der Waals surface area contributed by atoms with Crippen molar-refractivity contribution in [3.05, 3.63) is 46.7 Å². The Labute approximate surface area is 144 Å². The average molecular weight is 349 g/mol. The van der Waals surface area contributed by atoms with E-state index in [4.69, 9.17) is 4.74 Å². The van der Waals surface area contributed by atoms with E-state index in [9.17, 15) is 9.18 Å². The van der Waals surface area contributed by atoms with E-state index in [1.807, 2.05) is 12.3 Å². The molecule has 0 aliphatic carbocycles. The fourth-order valence-electron chi connectivity index (χ4n) is 2.67. The number of nitrogens with one attached hydrogen (secondary N) is 1. The second-order valence-corrected chi connectivity index (χ2v) is 6.73. The van der Waals surface area contributed by atoms with Crippen LogP contribution in [0.4, 0.5) is 9.18 Å². The quantitative estimate of drug-likeness (QED) is 0.918. The Kier molecular flexibility index (Phi) is 5.30. The molecule has 1 saturated heterocycles. The molecular formula is C17H20FN3O2S. The number of hydrogen-bond acceptors (Lipinski definition) is 4. The SMILES string of the molecule is C[C@@H](NC(=O)N1CCC(Oc2ccc(F)cc2)CC1)c1nccs1. The molecule has 3 rings (SSSR count). The number of amides is 2. The van der Waals surface area contributed by atoms with Crippen molar-refractivity contribution in [2.75, 3.05) is 13.1 Å². The number of likely N-dealkylation sites (tertiary alicyclic amines) is 1. The molecule has 2 heterocycles. The lowest BCUT2D eigenvalue weighted by atomic mass is 10.1. The Bertz CT molecular complexity index is 655. The lowest BCUT2D eigenvalue weighted by Crippen LogP contribution is -2.47. The van der Waals surface area contributed by atoms with Gasteiger partial charge in [-0.3, -0.25) is 0 Å². The van der Waals surface area contributed by atoms with Crippen molar-refractivity contribution in [3.8, 4) is 5.75 Å². The number of carbonyl (C=O) groups excluding carboxylic acids is 1. The molecule has 5 nitrogen and oxygen atoms in total. The number of nitrogens with zero attached hydrogens (tertiary/aromatic N) is 2. The van der Waals surface area contributed by atoms with Gasteiger partial charge in [-0.05, 0) is 31.2 Å². The average Bonchev–Trinajstić information content (AvgIpc) is 3.12. The van der Waals surface area contributed by atoms with Gasteiger partial charge in [-0.25, -0.2) is 14.2 Å². The van der Waals surface area contributed by atoms with Gasteiger partial charge in [-0.15, -0.1) is 11.3 Å². The second-order valence-electron chi connectivity index (χ2n) is 5.80. The van der Waals surface area contributed by atoms with Gasteiger partial charge in [0.05, 0.1) is 6.04 Å². The zero-order chi connectivity index (χ0) is 16.9. The predicted octanol–water partition coefficient (Wildman–Crippen LogP) is 3.60. The largest absolute Gasteiger partial charge is 0.490 e. The molecule has 24 heavy (non-hydrogen) atoms. The minimum atomic E-state index is -0.275. The van der Waals surface area contributed by atoms with Crippen molar-refractivity contribution in [2.24, 2.45) is 0 Å². The van der Waals surface area contributed by atoms with Crippen molar-refractivity contribution in [1.29, 1.82) is 0 Å². The standard InChI is InChI=1S/C17H20FN3O2S/c1-12(16-19-8-11-24-16)20-17(22)21-9-6-15(7-10-21)23-14-4-2-13(18)3-5-14/h2-5,8,11-12,15H,6-7,9-10H2,1H3,(H,20,22)/t12-/m1/s1. The van der Waals surface area contributed by atoms with Crippen molar-refractivity contribution < 1.29 is 13.9 Å². The summed E-state index contributed by atoms with van der Waals surface area (Å²) in [5.74, 6) is 0.389. The molecule has 1 aliphatic heterocycles. The third-order valence-corrected chi connectivity index (χ3v) is 4.97. The van der Waals surface area contributed by atoms with Crippen LogP contribution in [-0.2, 0) is 0 Å². The number of rotatable bonds is 4. The van der Waals surface area contributed by atoms with E-state index >= 15 is 0 Å². The summed E-state index contributed by atoms with van der Waals surface area (Å²) in [6.45, 7) is 3.21. The van der Waals surface area contributed by atoms with Gasteiger partial charge in [-0.1, -0.05) is 0 Å². The molecule has 1 aliphatic rings. The lowest BCUT2D eigenvalue weighted by Gasteiger charge is -2.32. The van der Waals surface area contributed by atoms with Gasteiger partial charge < -0.3 is 15.0 Å². The maximum absolute atomic E-state index is 12.9. The summed E-state index contributed by atoms with van der Waals surface area (Å²) in [6.07, 6.45) is 3.31. The third kappa shape index (κ3) is 4.23. The summed E-state index contributed by atoms with van der Waals surface area (Å²) in [7, 11) is 0. The van der Waals surface area contributed by atoms with Gasteiger partial charge in [0, 0.05) is 37.5 Å². The van der Waals surface area contributed by atoms with Crippen molar-refractivity contribution in [1.82, 2.24) is 15.2 Å². The number of urea groups is 1. The Balaban J connectivity index is 1.46. The van der Waals surface area contributed by atoms with Gasteiger partial charge in [0.2, 0.25) is 0 Å². The highest BCUT2D eigenvalue weighted by atomic mass is 32.1. The number of carbonyl (C=O) groups is 1. The Hall–Kier alpha value is -2.15. The Morgan fingerprint density at radius 3 is 2.71 bits per heavy atom. The van der Waals surface area contributed by atoms with Crippen LogP contribution in [-0.4, -0.2) is 35.1 Å². The minimum Gasteiger partial charge on any atom is -0.490 e. The van der Waals surface area contributed by atoms with E-state index < -0.39 is 0 Å². The van der Waals surface area contributed by atoms with Crippen LogP contribution in [0.1, 0.15) is 30.8 Å². The van der Waals surface area contributed by atoms with E-state index in [1.54, 1.807) is 23.2 Å². The zero-order valence-electron chi connectivity index (χ0n) is 13.4. The summed E-state index contributed by atoms with van der Waals surface area (Å²) in [5.41, 5.74) is 0. The van der Waals surface area contributed by atoms with Gasteiger partial charge in [0.15, 0.2) is 0 Å². The van der Waals surface area contributed by atoms with Crippen molar-refractivity contribution in [3.63, 3.8) is 0 Å². The summed E-state index contributed by atoms with van der Waals surface area (Å²) in [5, 5.41) is 5.78. The minimum absolute atomic E-state index is 0.0518. The van der Waals surface area contributed by atoms with E-state index in [1.165, 1.54) is 23.5 Å². The molecule has 1 fully saturated rings. The molecule has 1 aromatic carbocycles. The molecular weight excluding hydrogens is 329 g/mol. The van der Waals surface area contributed by atoms with Crippen molar-refractivity contribution >= 4 is 17.4 Å². The van der Waals surface area contributed by atoms with E-state index in [0.717, 1.165) is 17.8 Å². The number of thiazole rings is 1. The first-order valence-corrected chi connectivity index (χ1v) is 8.87. The first-order valence-electron chi connectivity index (χ1n) is 7.99. The van der Waals surface area contributed by atoms with Crippen LogP contribution in [0.25, 0.3) is 0 Å². The summed E-state index contributed by atoms with van der Waals surface area (Å²) in [6, 6.07) is 5.87. The summed E-state index contributed by atoms with van der Waals surface area (Å²) < 4.78 is 18.7. The Morgan fingerprint density at radius 1 is 1.38 bits per heavy atom. The first kappa shape index (κ1) is 16.7. The topological polar surface area (TPSA) is 54.5 Å². The molecule has 7 heteroatoms. The number of hydrogen-bond donors (Lipinski definition) is 1. The van der Waals surface area contributed by atoms with Crippen LogP contribution in [0.2, 0.25) is 0 Å². The molecule has 128 valence electrons. The molecule has 2 amide bonds. The number of aromatic nitrogens is 1. The molecule has 0 bridgehead atoms. The molecule has 0 saturated carbocycles. The highest BCUT2D eigenvalue weighted by molar-refractivity contribution is 7.09. The molecule has 0 unspecified atom stereocenters. The smallest absolute Gasteiger partial charge is 0.317 e. The summed E-state index contributed by atoms with van der Waals surface area (Å²) in [4.78, 5) is 18.3. The van der Waals surface area contributed by atoms with Crippen LogP contribution in [0, 0.1) is 5.82 Å². The van der Waals surface area contributed by atoms with Crippen LogP contribution < -0.4 is 10.1 Å². The predicted molar refractivity (Wildman–Crippen MR) is 90.7 cm³/mol. The van der Waals surface area contributed by atoms with Crippen LogP contribution in [0.5, 0.6) is 5.75 Å². The van der Waals surface area contributed by atoms with Crippen LogP contribution in [0.3, 0.4) is 0 Å². The fraction of sp³-hybridized carbons (Fsp3) is 0.412. The van der Waals surface area contributed by atoms with Crippen LogP contribution >= 0.6 is 11.3 Å². The highest BCUT2D eigenvalue weighted by Crippen LogP contribution is 2.20. The fourth-order valence-corrected chi connectivity index (χ4v) is 3.31. The van der Waals surface area contributed by atoms with E-state index in [-0.39, 0.29) is 24.0 Å². The van der Waals surface area contributed by atoms with Gasteiger partial charge in [0.25, 0.3) is 0 Å². The molecule has 0 spiro atoms. The van der Waals surface area contributed by atoms with Gasteiger partial charge >= 0.3 is 6.03 Å².